The summed E-state index contributed by atoms with van der Waals surface area (Å²) in [6.07, 6.45) is 4.28. The number of methoxy groups -OCH3 is 1. The molecule has 2 heterocycles. The van der Waals surface area contributed by atoms with E-state index >= 15 is 0 Å². The van der Waals surface area contributed by atoms with Crippen molar-refractivity contribution in [1.29, 1.82) is 0 Å². The number of fused-ring (bicyclic) bond motifs is 1. The molecule has 7 heteroatoms. The Morgan fingerprint density at radius 1 is 1.00 bits per heavy atom. The molecule has 0 radical (unpaired) electrons. The Labute approximate surface area is 164 Å². The van der Waals surface area contributed by atoms with E-state index in [1.165, 1.54) is 19.2 Å². The monoisotopic (exact) mass is 382 g/mol. The first-order valence-electron chi connectivity index (χ1n) is 9.86. The van der Waals surface area contributed by atoms with Gasteiger partial charge in [-0.05, 0) is 49.9 Å². The molecule has 2 aliphatic rings. The summed E-state index contributed by atoms with van der Waals surface area (Å²) in [6.45, 7) is 2.86. The van der Waals surface area contributed by atoms with Crippen LogP contribution in [0.4, 0.5) is 5.69 Å². The van der Waals surface area contributed by atoms with E-state index in [9.17, 15) is 9.59 Å². The number of aryl methyl sites for hydroxylation is 1. The van der Waals surface area contributed by atoms with Crippen LogP contribution in [0.25, 0.3) is 0 Å². The fourth-order valence-electron chi connectivity index (χ4n) is 4.19. The Morgan fingerprint density at radius 3 is 2.36 bits per heavy atom. The quantitative estimate of drug-likeness (QED) is 0.760. The summed E-state index contributed by atoms with van der Waals surface area (Å²) < 4.78 is 6.63. The van der Waals surface area contributed by atoms with Gasteiger partial charge in [0.25, 0.3) is 5.91 Å². The number of rotatable bonds is 3. The van der Waals surface area contributed by atoms with Gasteiger partial charge in [0.1, 0.15) is 0 Å². The topological polar surface area (TPSA) is 67.7 Å². The zero-order chi connectivity index (χ0) is 19.7. The molecule has 0 N–H and O–H groups in total. The largest absolute Gasteiger partial charge is 0.465 e. The van der Waals surface area contributed by atoms with Crippen molar-refractivity contribution in [2.75, 3.05) is 38.2 Å². The zero-order valence-electron chi connectivity index (χ0n) is 16.5. The summed E-state index contributed by atoms with van der Waals surface area (Å²) in [4.78, 5) is 28.8. The number of amides is 1. The number of piperazine rings is 1. The lowest BCUT2D eigenvalue weighted by Crippen LogP contribution is -2.49. The second-order valence-electron chi connectivity index (χ2n) is 7.42. The van der Waals surface area contributed by atoms with Crippen LogP contribution in [-0.4, -0.2) is 59.8 Å². The number of carbonyl (C=O) groups excluding carboxylic acids is 2. The first kappa shape index (κ1) is 18.5. The van der Waals surface area contributed by atoms with E-state index in [1.807, 2.05) is 28.8 Å². The number of ether oxygens (including phenoxy) is 1. The minimum atomic E-state index is -0.333. The second kappa shape index (κ2) is 7.66. The third-order valence-electron chi connectivity index (χ3n) is 5.79. The summed E-state index contributed by atoms with van der Waals surface area (Å²) in [5.74, 6) is -0.278. The third kappa shape index (κ3) is 3.37. The van der Waals surface area contributed by atoms with Crippen molar-refractivity contribution >= 4 is 17.6 Å². The van der Waals surface area contributed by atoms with E-state index in [1.54, 1.807) is 12.1 Å². The normalized spacial score (nSPS) is 16.6. The number of hydrogen-bond donors (Lipinski definition) is 0. The van der Waals surface area contributed by atoms with Gasteiger partial charge in [0.05, 0.1) is 12.7 Å². The maximum atomic E-state index is 13.1. The molecule has 0 bridgehead atoms. The van der Waals surface area contributed by atoms with E-state index in [2.05, 4.69) is 10.00 Å². The van der Waals surface area contributed by atoms with Crippen LogP contribution in [0.3, 0.4) is 0 Å². The molecule has 0 saturated carbocycles. The van der Waals surface area contributed by atoms with Gasteiger partial charge in [0.2, 0.25) is 0 Å². The van der Waals surface area contributed by atoms with Crippen molar-refractivity contribution < 1.29 is 14.3 Å². The van der Waals surface area contributed by atoms with Gasteiger partial charge >= 0.3 is 5.97 Å². The number of hydrogen-bond acceptors (Lipinski definition) is 5. The Morgan fingerprint density at radius 2 is 1.68 bits per heavy atom. The van der Waals surface area contributed by atoms with Crippen LogP contribution in [0.5, 0.6) is 0 Å². The first-order valence-corrected chi connectivity index (χ1v) is 9.86. The number of anilines is 1. The van der Waals surface area contributed by atoms with Crippen LogP contribution in [0, 0.1) is 0 Å². The molecule has 1 aromatic heterocycles. The summed E-state index contributed by atoms with van der Waals surface area (Å²) in [6, 6.07) is 7.41. The predicted octanol–water partition coefficient (Wildman–Crippen LogP) is 2.05. The van der Waals surface area contributed by atoms with Gasteiger partial charge in [0.15, 0.2) is 5.69 Å². The van der Waals surface area contributed by atoms with E-state index in [-0.39, 0.29) is 11.9 Å². The van der Waals surface area contributed by atoms with Gasteiger partial charge in [0, 0.05) is 50.2 Å². The van der Waals surface area contributed by atoms with Crippen molar-refractivity contribution in [1.82, 2.24) is 14.7 Å². The van der Waals surface area contributed by atoms with Crippen molar-refractivity contribution in [3.8, 4) is 0 Å². The fraction of sp³-hybridized carbons (Fsp3) is 0.476. The molecule has 1 fully saturated rings. The number of nitrogens with zero attached hydrogens (tertiary/aromatic N) is 4. The highest BCUT2D eigenvalue weighted by Crippen LogP contribution is 2.25. The first-order chi connectivity index (χ1) is 13.6. The van der Waals surface area contributed by atoms with Crippen LogP contribution in [0.1, 0.15) is 44.9 Å². The molecule has 28 heavy (non-hydrogen) atoms. The average Bonchev–Trinajstić information content (AvgIpc) is 3.10. The Balaban J connectivity index is 1.42. The van der Waals surface area contributed by atoms with Crippen molar-refractivity contribution in [3.63, 3.8) is 0 Å². The Kier molecular flexibility index (Phi) is 5.07. The van der Waals surface area contributed by atoms with Crippen LogP contribution in [-0.2, 0) is 24.6 Å². The highest BCUT2D eigenvalue weighted by atomic mass is 16.5. The number of carbonyl (C=O) groups is 2. The smallest absolute Gasteiger partial charge is 0.337 e. The van der Waals surface area contributed by atoms with Gasteiger partial charge in [-0.2, -0.15) is 5.10 Å². The molecular weight excluding hydrogens is 356 g/mol. The third-order valence-corrected chi connectivity index (χ3v) is 5.79. The Hall–Kier alpha value is -2.83. The molecule has 1 aromatic carbocycles. The number of aromatic nitrogens is 2. The summed E-state index contributed by atoms with van der Waals surface area (Å²) in [5, 5.41) is 4.55. The zero-order valence-corrected chi connectivity index (χ0v) is 16.5. The lowest BCUT2D eigenvalue weighted by atomic mass is 9.95. The molecule has 1 saturated heterocycles. The summed E-state index contributed by atoms with van der Waals surface area (Å²) in [5.41, 5.74) is 4.61. The highest BCUT2D eigenvalue weighted by molar-refractivity contribution is 5.94. The lowest BCUT2D eigenvalue weighted by Gasteiger charge is -2.36. The van der Waals surface area contributed by atoms with Crippen LogP contribution >= 0.6 is 0 Å². The van der Waals surface area contributed by atoms with Crippen LogP contribution in [0.15, 0.2) is 24.3 Å². The maximum Gasteiger partial charge on any atom is 0.337 e. The number of benzene rings is 1. The molecule has 4 rings (SSSR count). The summed E-state index contributed by atoms with van der Waals surface area (Å²) in [7, 11) is 3.32. The van der Waals surface area contributed by atoms with Gasteiger partial charge in [-0.3, -0.25) is 9.48 Å². The molecule has 7 nitrogen and oxygen atoms in total. The molecule has 148 valence electrons. The highest BCUT2D eigenvalue weighted by Gasteiger charge is 2.29. The van der Waals surface area contributed by atoms with Crippen molar-refractivity contribution in [2.24, 2.45) is 7.05 Å². The van der Waals surface area contributed by atoms with E-state index in [4.69, 9.17) is 4.74 Å². The molecule has 0 unspecified atom stereocenters. The minimum absolute atomic E-state index is 0.0550. The lowest BCUT2D eigenvalue weighted by molar-refractivity contribution is 0.0600. The summed E-state index contributed by atoms with van der Waals surface area (Å²) >= 11 is 0. The van der Waals surface area contributed by atoms with Crippen molar-refractivity contribution in [3.05, 3.63) is 46.8 Å². The predicted molar refractivity (Wildman–Crippen MR) is 106 cm³/mol. The van der Waals surface area contributed by atoms with Gasteiger partial charge in [-0.1, -0.05) is 0 Å². The van der Waals surface area contributed by atoms with E-state index in [0.717, 1.165) is 43.6 Å². The Bertz CT molecular complexity index is 880. The van der Waals surface area contributed by atoms with Crippen LogP contribution < -0.4 is 4.90 Å². The van der Waals surface area contributed by atoms with Gasteiger partial charge < -0.3 is 14.5 Å². The fourth-order valence-corrected chi connectivity index (χ4v) is 4.19. The molecule has 2 aromatic rings. The SMILES string of the molecule is COC(=O)c1ccc(N2CCN(C(=O)c3nn(C)c4c3CCCC4)CC2)cc1. The molecule has 1 aliphatic carbocycles. The van der Waals surface area contributed by atoms with Gasteiger partial charge in [-0.25, -0.2) is 4.79 Å². The molecule has 0 spiro atoms. The number of esters is 1. The molecule has 1 amide bonds. The molecule has 0 atom stereocenters. The van der Waals surface area contributed by atoms with E-state index < -0.39 is 0 Å². The van der Waals surface area contributed by atoms with Crippen molar-refractivity contribution in [2.45, 2.75) is 25.7 Å². The second-order valence-corrected chi connectivity index (χ2v) is 7.42. The molecule has 1 aliphatic heterocycles. The van der Waals surface area contributed by atoms with E-state index in [0.29, 0.717) is 24.3 Å². The molecular formula is C21H26N4O3. The van der Waals surface area contributed by atoms with Crippen LogP contribution in [0.2, 0.25) is 0 Å². The minimum Gasteiger partial charge on any atom is -0.465 e. The maximum absolute atomic E-state index is 13.1. The standard InChI is InChI=1S/C21H26N4O3/c1-23-18-6-4-3-5-17(18)19(22-23)20(26)25-13-11-24(12-14-25)16-9-7-15(8-10-16)21(27)28-2/h7-10H,3-6,11-14H2,1-2H3. The van der Waals surface area contributed by atoms with Gasteiger partial charge in [-0.15, -0.1) is 0 Å². The average molecular weight is 382 g/mol.